The van der Waals surface area contributed by atoms with Gasteiger partial charge in [-0.3, -0.25) is 9.69 Å². The van der Waals surface area contributed by atoms with Crippen LogP contribution < -0.4 is 5.73 Å². The number of nitrogens with zero attached hydrogens (tertiary/aromatic N) is 2. The van der Waals surface area contributed by atoms with E-state index in [1.807, 2.05) is 0 Å². The molecular formula is C16H31N3O. The Morgan fingerprint density at radius 2 is 1.60 bits per heavy atom. The largest absolute Gasteiger partial charge is 0.342 e. The number of hydrogen-bond acceptors (Lipinski definition) is 3. The Hall–Kier alpha value is -0.610. The zero-order valence-corrected chi connectivity index (χ0v) is 12.9. The summed E-state index contributed by atoms with van der Waals surface area (Å²) < 4.78 is 0. The van der Waals surface area contributed by atoms with Crippen molar-refractivity contribution in [2.45, 2.75) is 63.8 Å². The van der Waals surface area contributed by atoms with Crippen molar-refractivity contribution in [3.8, 4) is 0 Å². The molecule has 0 spiro atoms. The molecule has 0 aromatic rings. The molecule has 116 valence electrons. The van der Waals surface area contributed by atoms with Crippen LogP contribution in [0.5, 0.6) is 0 Å². The molecule has 4 nitrogen and oxygen atoms in total. The zero-order valence-electron chi connectivity index (χ0n) is 12.9. The van der Waals surface area contributed by atoms with Crippen LogP contribution in [0.3, 0.4) is 0 Å². The van der Waals surface area contributed by atoms with Crippen molar-refractivity contribution in [1.82, 2.24) is 9.80 Å². The smallest absolute Gasteiger partial charge is 0.236 e. The summed E-state index contributed by atoms with van der Waals surface area (Å²) in [6, 6.07) is 0.586. The Morgan fingerprint density at radius 3 is 2.20 bits per heavy atom. The van der Waals surface area contributed by atoms with Crippen molar-refractivity contribution < 1.29 is 4.79 Å². The third-order valence-electron chi connectivity index (χ3n) is 4.80. The van der Waals surface area contributed by atoms with Gasteiger partial charge in [0.1, 0.15) is 0 Å². The van der Waals surface area contributed by atoms with Crippen molar-refractivity contribution in [3.05, 3.63) is 0 Å². The first-order valence-corrected chi connectivity index (χ1v) is 8.53. The molecule has 0 radical (unpaired) electrons. The number of nitrogens with two attached hydrogens (primary N) is 1. The highest BCUT2D eigenvalue weighted by molar-refractivity contribution is 5.78. The van der Waals surface area contributed by atoms with E-state index >= 15 is 0 Å². The van der Waals surface area contributed by atoms with Crippen LogP contribution in [0, 0.1) is 0 Å². The second-order valence-corrected chi connectivity index (χ2v) is 6.35. The Morgan fingerprint density at radius 1 is 1.00 bits per heavy atom. The normalized spacial score (nSPS) is 22.0. The van der Waals surface area contributed by atoms with Gasteiger partial charge < -0.3 is 10.6 Å². The maximum atomic E-state index is 12.5. The van der Waals surface area contributed by atoms with E-state index < -0.39 is 0 Å². The fourth-order valence-corrected chi connectivity index (χ4v) is 3.60. The van der Waals surface area contributed by atoms with Crippen LogP contribution in [0.1, 0.15) is 57.8 Å². The first kappa shape index (κ1) is 15.8. The van der Waals surface area contributed by atoms with Crippen LogP contribution in [0.2, 0.25) is 0 Å². The van der Waals surface area contributed by atoms with Gasteiger partial charge in [0, 0.05) is 32.2 Å². The van der Waals surface area contributed by atoms with Gasteiger partial charge in [-0.05, 0) is 25.7 Å². The van der Waals surface area contributed by atoms with Gasteiger partial charge in [0.25, 0.3) is 0 Å². The topological polar surface area (TPSA) is 49.6 Å². The van der Waals surface area contributed by atoms with Gasteiger partial charge >= 0.3 is 0 Å². The molecule has 0 atom stereocenters. The van der Waals surface area contributed by atoms with Gasteiger partial charge in [0.2, 0.25) is 5.91 Å². The van der Waals surface area contributed by atoms with E-state index in [0.717, 1.165) is 19.6 Å². The summed E-state index contributed by atoms with van der Waals surface area (Å²) in [4.78, 5) is 17.0. The van der Waals surface area contributed by atoms with E-state index in [1.165, 1.54) is 57.8 Å². The number of rotatable bonds is 5. The van der Waals surface area contributed by atoms with Crippen LogP contribution in [-0.4, -0.2) is 54.5 Å². The Balaban J connectivity index is 1.86. The molecule has 2 aliphatic rings. The second-order valence-electron chi connectivity index (χ2n) is 6.35. The molecule has 1 saturated carbocycles. The molecular weight excluding hydrogens is 250 g/mol. The van der Waals surface area contributed by atoms with Crippen LogP contribution in [0.4, 0.5) is 0 Å². The monoisotopic (exact) mass is 281 g/mol. The van der Waals surface area contributed by atoms with Gasteiger partial charge in [-0.15, -0.1) is 0 Å². The molecule has 2 fully saturated rings. The number of likely N-dealkylation sites (tertiary alicyclic amines) is 1. The Labute approximate surface area is 123 Å². The fraction of sp³-hybridized carbons (Fsp3) is 0.938. The van der Waals surface area contributed by atoms with Gasteiger partial charge in [-0.2, -0.15) is 0 Å². The van der Waals surface area contributed by atoms with Gasteiger partial charge in [-0.1, -0.05) is 32.1 Å². The van der Waals surface area contributed by atoms with Gasteiger partial charge in [0.05, 0.1) is 6.54 Å². The molecule has 0 bridgehead atoms. The molecule has 1 saturated heterocycles. The molecule has 1 heterocycles. The lowest BCUT2D eigenvalue weighted by molar-refractivity contribution is -0.133. The minimum absolute atomic E-state index is 0.325. The SMILES string of the molecule is NCCN(CC(=O)N1CCCCCC1)C1CCCCC1. The maximum Gasteiger partial charge on any atom is 0.236 e. The molecule has 20 heavy (non-hydrogen) atoms. The van der Waals surface area contributed by atoms with Crippen LogP contribution in [0.15, 0.2) is 0 Å². The van der Waals surface area contributed by atoms with Crippen molar-refractivity contribution in [1.29, 1.82) is 0 Å². The number of carbonyl (C=O) groups is 1. The van der Waals surface area contributed by atoms with Gasteiger partial charge in [-0.25, -0.2) is 0 Å². The lowest BCUT2D eigenvalue weighted by Gasteiger charge is -2.35. The second kappa shape index (κ2) is 8.63. The molecule has 0 unspecified atom stereocenters. The molecule has 1 amide bonds. The molecule has 0 aromatic heterocycles. The third-order valence-corrected chi connectivity index (χ3v) is 4.80. The Kier molecular flexibility index (Phi) is 6.80. The Bertz CT molecular complexity index is 281. The van der Waals surface area contributed by atoms with E-state index in [-0.39, 0.29) is 0 Å². The predicted octanol–water partition coefficient (Wildman–Crippen LogP) is 1.98. The average Bonchev–Trinajstić information content (AvgIpc) is 2.77. The molecule has 2 N–H and O–H groups in total. The lowest BCUT2D eigenvalue weighted by Crippen LogP contribution is -2.47. The summed E-state index contributed by atoms with van der Waals surface area (Å²) in [6.45, 7) is 4.02. The molecule has 1 aliphatic carbocycles. The predicted molar refractivity (Wildman–Crippen MR) is 82.5 cm³/mol. The van der Waals surface area contributed by atoms with Crippen molar-refractivity contribution >= 4 is 5.91 Å². The summed E-state index contributed by atoms with van der Waals surface area (Å²) in [5, 5.41) is 0. The minimum Gasteiger partial charge on any atom is -0.342 e. The van der Waals surface area contributed by atoms with Gasteiger partial charge in [0.15, 0.2) is 0 Å². The first-order chi connectivity index (χ1) is 9.81. The van der Waals surface area contributed by atoms with E-state index in [2.05, 4.69) is 9.80 Å². The molecule has 2 rings (SSSR count). The van der Waals surface area contributed by atoms with E-state index in [4.69, 9.17) is 5.73 Å². The lowest BCUT2D eigenvalue weighted by atomic mass is 9.94. The summed E-state index contributed by atoms with van der Waals surface area (Å²) in [5.74, 6) is 0.325. The first-order valence-electron chi connectivity index (χ1n) is 8.53. The summed E-state index contributed by atoms with van der Waals surface area (Å²) in [7, 11) is 0. The van der Waals surface area contributed by atoms with Crippen molar-refractivity contribution in [2.24, 2.45) is 5.73 Å². The summed E-state index contributed by atoms with van der Waals surface area (Å²) >= 11 is 0. The van der Waals surface area contributed by atoms with Crippen LogP contribution in [0.25, 0.3) is 0 Å². The average molecular weight is 281 g/mol. The zero-order chi connectivity index (χ0) is 14.2. The maximum absolute atomic E-state index is 12.5. The highest BCUT2D eigenvalue weighted by Crippen LogP contribution is 2.22. The van der Waals surface area contributed by atoms with Crippen LogP contribution >= 0.6 is 0 Å². The summed E-state index contributed by atoms with van der Waals surface area (Å²) in [5.41, 5.74) is 5.75. The molecule has 0 aromatic carbocycles. The van der Waals surface area contributed by atoms with Crippen molar-refractivity contribution in [3.63, 3.8) is 0 Å². The highest BCUT2D eigenvalue weighted by Gasteiger charge is 2.24. The number of carbonyl (C=O) groups excluding carboxylic acids is 1. The van der Waals surface area contributed by atoms with Crippen molar-refractivity contribution in [2.75, 3.05) is 32.7 Å². The number of amides is 1. The quantitative estimate of drug-likeness (QED) is 0.838. The third kappa shape index (κ3) is 4.74. The van der Waals surface area contributed by atoms with E-state index in [0.29, 0.717) is 25.0 Å². The van der Waals surface area contributed by atoms with E-state index in [1.54, 1.807) is 0 Å². The minimum atomic E-state index is 0.325. The molecule has 1 aliphatic heterocycles. The van der Waals surface area contributed by atoms with E-state index in [9.17, 15) is 4.79 Å². The fourth-order valence-electron chi connectivity index (χ4n) is 3.60. The van der Waals surface area contributed by atoms with Crippen LogP contribution in [-0.2, 0) is 4.79 Å². The highest BCUT2D eigenvalue weighted by atomic mass is 16.2. The summed E-state index contributed by atoms with van der Waals surface area (Å²) in [6.07, 6.45) is 11.4. The number of hydrogen-bond donors (Lipinski definition) is 1. The standard InChI is InChI=1S/C16H31N3O/c17-10-13-19(15-8-4-3-5-9-15)14-16(20)18-11-6-1-2-7-12-18/h15H,1-14,17H2. The molecule has 4 heteroatoms.